The highest BCUT2D eigenvalue weighted by atomic mass is 79.9. The molecule has 0 heterocycles. The first kappa shape index (κ1) is 11.0. The molecular formula is C11H11BrClNO. The highest BCUT2D eigenvalue weighted by Crippen LogP contribution is 2.47. The molecule has 4 heteroatoms. The first-order valence-electron chi connectivity index (χ1n) is 4.80. The monoisotopic (exact) mass is 287 g/mol. The molecule has 0 aliphatic heterocycles. The number of hydrogen-bond acceptors (Lipinski definition) is 1. The Bertz CT molecular complexity index is 390. The quantitative estimate of drug-likeness (QED) is 0.852. The SMILES string of the molecule is O=C(CCl)NC1(c2ccccc2Br)CC1. The number of amides is 1. The molecule has 1 aliphatic rings. The first-order chi connectivity index (χ1) is 7.18. The number of carbonyl (C=O) groups is 1. The molecule has 1 aromatic carbocycles. The lowest BCUT2D eigenvalue weighted by Gasteiger charge is -2.18. The van der Waals surface area contributed by atoms with Gasteiger partial charge < -0.3 is 5.32 Å². The van der Waals surface area contributed by atoms with Gasteiger partial charge in [0.05, 0.1) is 5.54 Å². The lowest BCUT2D eigenvalue weighted by atomic mass is 10.1. The van der Waals surface area contributed by atoms with Crippen molar-refractivity contribution in [3.8, 4) is 0 Å². The molecule has 0 radical (unpaired) electrons. The van der Waals surface area contributed by atoms with Gasteiger partial charge in [0.15, 0.2) is 0 Å². The summed E-state index contributed by atoms with van der Waals surface area (Å²) in [6.45, 7) is 0. The van der Waals surface area contributed by atoms with Crippen LogP contribution < -0.4 is 5.32 Å². The van der Waals surface area contributed by atoms with Crippen molar-refractivity contribution >= 4 is 33.4 Å². The molecule has 1 saturated carbocycles. The van der Waals surface area contributed by atoms with Crippen LogP contribution in [0.3, 0.4) is 0 Å². The average Bonchev–Trinajstić information content (AvgIpc) is 2.99. The minimum atomic E-state index is -0.175. The molecule has 0 saturated heterocycles. The van der Waals surface area contributed by atoms with Crippen molar-refractivity contribution in [1.82, 2.24) is 5.32 Å². The topological polar surface area (TPSA) is 29.1 Å². The van der Waals surface area contributed by atoms with Gasteiger partial charge in [0.1, 0.15) is 5.88 Å². The van der Waals surface area contributed by atoms with Gasteiger partial charge in [-0.25, -0.2) is 0 Å². The van der Waals surface area contributed by atoms with Crippen molar-refractivity contribution in [3.05, 3.63) is 34.3 Å². The lowest BCUT2D eigenvalue weighted by Crippen LogP contribution is -2.35. The molecule has 1 aliphatic carbocycles. The van der Waals surface area contributed by atoms with Gasteiger partial charge in [-0.1, -0.05) is 34.1 Å². The maximum atomic E-state index is 11.3. The van der Waals surface area contributed by atoms with E-state index in [0.29, 0.717) is 0 Å². The second kappa shape index (κ2) is 4.14. The van der Waals surface area contributed by atoms with Gasteiger partial charge in [-0.3, -0.25) is 4.79 Å². The second-order valence-electron chi connectivity index (χ2n) is 3.74. The van der Waals surface area contributed by atoms with Gasteiger partial charge >= 0.3 is 0 Å². The maximum Gasteiger partial charge on any atom is 0.235 e. The van der Waals surface area contributed by atoms with E-state index in [-0.39, 0.29) is 17.3 Å². The summed E-state index contributed by atoms with van der Waals surface area (Å²) in [6, 6.07) is 7.97. The number of carbonyl (C=O) groups excluding carboxylic acids is 1. The summed E-state index contributed by atoms with van der Waals surface area (Å²) in [5.41, 5.74) is 0.968. The molecule has 2 rings (SSSR count). The Morgan fingerprint density at radius 3 is 2.67 bits per heavy atom. The zero-order valence-corrected chi connectivity index (χ0v) is 10.4. The van der Waals surface area contributed by atoms with E-state index in [1.54, 1.807) is 0 Å². The Morgan fingerprint density at radius 2 is 2.13 bits per heavy atom. The molecule has 80 valence electrons. The molecule has 0 bridgehead atoms. The minimum absolute atomic E-state index is 0.0200. The first-order valence-corrected chi connectivity index (χ1v) is 6.13. The molecule has 0 unspecified atom stereocenters. The van der Waals surface area contributed by atoms with Crippen LogP contribution in [-0.4, -0.2) is 11.8 Å². The largest absolute Gasteiger partial charge is 0.346 e. The number of hydrogen-bond donors (Lipinski definition) is 1. The van der Waals surface area contributed by atoms with Crippen LogP contribution in [0.25, 0.3) is 0 Å². The number of nitrogens with one attached hydrogen (secondary N) is 1. The fourth-order valence-electron chi connectivity index (χ4n) is 1.74. The van der Waals surface area contributed by atoms with E-state index >= 15 is 0 Å². The maximum absolute atomic E-state index is 11.3. The van der Waals surface area contributed by atoms with E-state index in [1.807, 2.05) is 24.3 Å². The van der Waals surface area contributed by atoms with Crippen molar-refractivity contribution in [2.24, 2.45) is 0 Å². The summed E-state index contributed by atoms with van der Waals surface area (Å²) in [5, 5.41) is 2.97. The van der Waals surface area contributed by atoms with E-state index in [0.717, 1.165) is 22.9 Å². The van der Waals surface area contributed by atoms with Crippen LogP contribution in [-0.2, 0) is 10.3 Å². The van der Waals surface area contributed by atoms with Crippen molar-refractivity contribution in [2.45, 2.75) is 18.4 Å². The van der Waals surface area contributed by atoms with Gasteiger partial charge in [0.25, 0.3) is 0 Å². The summed E-state index contributed by atoms with van der Waals surface area (Å²) in [6.07, 6.45) is 1.97. The van der Waals surface area contributed by atoms with Crippen LogP contribution in [0, 0.1) is 0 Å². The summed E-state index contributed by atoms with van der Waals surface area (Å²) in [7, 11) is 0. The third kappa shape index (κ3) is 2.18. The lowest BCUT2D eigenvalue weighted by molar-refractivity contribution is -0.119. The van der Waals surface area contributed by atoms with Crippen molar-refractivity contribution in [3.63, 3.8) is 0 Å². The molecule has 2 nitrogen and oxygen atoms in total. The van der Waals surface area contributed by atoms with Crippen molar-refractivity contribution < 1.29 is 4.79 Å². The van der Waals surface area contributed by atoms with E-state index in [4.69, 9.17) is 11.6 Å². The summed E-state index contributed by atoms with van der Waals surface area (Å²) in [4.78, 5) is 11.3. The molecule has 1 N–H and O–H groups in total. The Balaban J connectivity index is 2.23. The van der Waals surface area contributed by atoms with Crippen LogP contribution >= 0.6 is 27.5 Å². The third-order valence-electron chi connectivity index (χ3n) is 2.64. The van der Waals surface area contributed by atoms with Crippen molar-refractivity contribution in [2.75, 3.05) is 5.88 Å². The Hall–Kier alpha value is -0.540. The standard InChI is InChI=1S/C11H11BrClNO/c12-9-4-2-1-3-8(9)11(5-6-11)14-10(15)7-13/h1-4H,5-7H2,(H,14,15). The molecule has 1 amide bonds. The average molecular weight is 289 g/mol. The van der Waals surface area contributed by atoms with Crippen molar-refractivity contribution in [1.29, 1.82) is 0 Å². The van der Waals surface area contributed by atoms with Crippen LogP contribution in [0.5, 0.6) is 0 Å². The minimum Gasteiger partial charge on any atom is -0.346 e. The highest BCUT2D eigenvalue weighted by Gasteiger charge is 2.46. The molecule has 0 aromatic heterocycles. The molecular weight excluding hydrogens is 277 g/mol. The number of rotatable bonds is 3. The fourth-order valence-corrected chi connectivity index (χ4v) is 2.47. The third-order valence-corrected chi connectivity index (χ3v) is 3.57. The Morgan fingerprint density at radius 1 is 1.47 bits per heavy atom. The van der Waals surface area contributed by atoms with Gasteiger partial charge in [-0.05, 0) is 24.5 Å². The molecule has 1 aromatic rings. The fraction of sp³-hybridized carbons (Fsp3) is 0.364. The van der Waals surface area contributed by atoms with E-state index < -0.39 is 0 Å². The van der Waals surface area contributed by atoms with E-state index in [2.05, 4.69) is 21.2 Å². The van der Waals surface area contributed by atoms with Crippen LogP contribution in [0.2, 0.25) is 0 Å². The zero-order valence-electron chi connectivity index (χ0n) is 8.09. The molecule has 15 heavy (non-hydrogen) atoms. The smallest absolute Gasteiger partial charge is 0.235 e. The predicted molar refractivity (Wildman–Crippen MR) is 63.9 cm³/mol. The summed E-state index contributed by atoms with van der Waals surface area (Å²) < 4.78 is 1.04. The van der Waals surface area contributed by atoms with Gasteiger partial charge in [-0.15, -0.1) is 11.6 Å². The van der Waals surface area contributed by atoms with Crippen LogP contribution in [0.1, 0.15) is 18.4 Å². The Labute approximate surface area is 102 Å². The second-order valence-corrected chi connectivity index (χ2v) is 4.87. The molecule has 0 atom stereocenters. The zero-order chi connectivity index (χ0) is 10.9. The highest BCUT2D eigenvalue weighted by molar-refractivity contribution is 9.10. The summed E-state index contributed by atoms with van der Waals surface area (Å²) >= 11 is 8.99. The van der Waals surface area contributed by atoms with Crippen LogP contribution in [0.15, 0.2) is 28.7 Å². The number of alkyl halides is 1. The molecule has 1 fully saturated rings. The number of benzene rings is 1. The van der Waals surface area contributed by atoms with Gasteiger partial charge in [0, 0.05) is 4.47 Å². The molecule has 0 spiro atoms. The number of halogens is 2. The Kier molecular flexibility index (Phi) is 3.03. The van der Waals surface area contributed by atoms with Crippen LogP contribution in [0.4, 0.5) is 0 Å². The van der Waals surface area contributed by atoms with Gasteiger partial charge in [0.2, 0.25) is 5.91 Å². The normalized spacial score (nSPS) is 17.2. The predicted octanol–water partition coefficient (Wildman–Crippen LogP) is 2.79. The van der Waals surface area contributed by atoms with E-state index in [1.165, 1.54) is 0 Å². The summed E-state index contributed by atoms with van der Waals surface area (Å²) in [5.74, 6) is -0.0865. The van der Waals surface area contributed by atoms with E-state index in [9.17, 15) is 4.79 Å². The van der Waals surface area contributed by atoms with Gasteiger partial charge in [-0.2, -0.15) is 0 Å².